The van der Waals surface area contributed by atoms with Crippen LogP contribution in [0.4, 0.5) is 13.2 Å². The van der Waals surface area contributed by atoms with Gasteiger partial charge in [-0.2, -0.15) is 13.2 Å². The highest BCUT2D eigenvalue weighted by atomic mass is 35.5. The SMILES string of the molecule is FC(F)(F)c1ccccc1-c1nc2c(Cl)nccc2s1. The summed E-state index contributed by atoms with van der Waals surface area (Å²) in [6.07, 6.45) is -2.92. The van der Waals surface area contributed by atoms with Gasteiger partial charge in [0.25, 0.3) is 0 Å². The van der Waals surface area contributed by atoms with Crippen LogP contribution in [0.15, 0.2) is 36.5 Å². The monoisotopic (exact) mass is 314 g/mol. The predicted octanol–water partition coefficient (Wildman–Crippen LogP) is 5.03. The maximum absolute atomic E-state index is 13.0. The maximum atomic E-state index is 13.0. The van der Waals surface area contributed by atoms with Crippen LogP contribution in [0.5, 0.6) is 0 Å². The lowest BCUT2D eigenvalue weighted by atomic mass is 10.1. The fraction of sp³-hybridized carbons (Fsp3) is 0.0769. The van der Waals surface area contributed by atoms with Crippen molar-refractivity contribution in [2.24, 2.45) is 0 Å². The molecule has 0 spiro atoms. The topological polar surface area (TPSA) is 25.8 Å². The van der Waals surface area contributed by atoms with Crippen molar-refractivity contribution in [2.45, 2.75) is 6.18 Å². The fourth-order valence-corrected chi connectivity index (χ4v) is 3.11. The molecule has 0 unspecified atom stereocenters. The van der Waals surface area contributed by atoms with Gasteiger partial charge >= 0.3 is 6.18 Å². The minimum Gasteiger partial charge on any atom is -0.242 e. The van der Waals surface area contributed by atoms with Gasteiger partial charge in [0.1, 0.15) is 10.5 Å². The maximum Gasteiger partial charge on any atom is 0.417 e. The van der Waals surface area contributed by atoms with Crippen molar-refractivity contribution in [1.82, 2.24) is 9.97 Å². The number of rotatable bonds is 1. The summed E-state index contributed by atoms with van der Waals surface area (Å²) >= 11 is 7.06. The van der Waals surface area contributed by atoms with Gasteiger partial charge in [-0.1, -0.05) is 29.8 Å². The van der Waals surface area contributed by atoms with Crippen LogP contribution >= 0.6 is 22.9 Å². The number of hydrogen-bond donors (Lipinski definition) is 0. The van der Waals surface area contributed by atoms with E-state index in [1.54, 1.807) is 12.1 Å². The summed E-state index contributed by atoms with van der Waals surface area (Å²) in [5.41, 5.74) is -0.230. The Labute approximate surface area is 120 Å². The molecule has 7 heteroatoms. The second-order valence-corrected chi connectivity index (χ2v) is 5.40. The number of hydrogen-bond acceptors (Lipinski definition) is 3. The number of benzene rings is 1. The Morgan fingerprint density at radius 2 is 1.85 bits per heavy atom. The Kier molecular flexibility index (Phi) is 3.14. The lowest BCUT2D eigenvalue weighted by molar-refractivity contribution is -0.137. The molecule has 3 rings (SSSR count). The van der Waals surface area contributed by atoms with E-state index in [0.717, 1.165) is 17.4 Å². The van der Waals surface area contributed by atoms with Crippen molar-refractivity contribution in [3.8, 4) is 10.6 Å². The first-order valence-corrected chi connectivity index (χ1v) is 6.74. The van der Waals surface area contributed by atoms with Crippen LogP contribution in [0.1, 0.15) is 5.56 Å². The zero-order valence-electron chi connectivity index (χ0n) is 9.78. The standard InChI is InChI=1S/C13H6ClF3N2S/c14-11-10-9(5-6-18-11)20-12(19-10)7-3-1-2-4-8(7)13(15,16)17/h1-6H. The van der Waals surface area contributed by atoms with E-state index in [1.165, 1.54) is 18.3 Å². The second-order valence-electron chi connectivity index (χ2n) is 4.01. The molecule has 0 fully saturated rings. The van der Waals surface area contributed by atoms with Gasteiger partial charge in [0.2, 0.25) is 0 Å². The molecule has 1 aromatic carbocycles. The quantitative estimate of drug-likeness (QED) is 0.589. The molecule has 20 heavy (non-hydrogen) atoms. The van der Waals surface area contributed by atoms with Gasteiger partial charge in [-0.05, 0) is 12.1 Å². The van der Waals surface area contributed by atoms with Crippen molar-refractivity contribution < 1.29 is 13.2 Å². The predicted molar refractivity (Wildman–Crippen MR) is 72.9 cm³/mol. The van der Waals surface area contributed by atoms with Crippen LogP contribution < -0.4 is 0 Å². The molecule has 2 heterocycles. The van der Waals surface area contributed by atoms with Crippen molar-refractivity contribution in [1.29, 1.82) is 0 Å². The van der Waals surface area contributed by atoms with E-state index in [-0.39, 0.29) is 15.7 Å². The normalized spacial score (nSPS) is 12.0. The van der Waals surface area contributed by atoms with Crippen LogP contribution in [0.25, 0.3) is 20.8 Å². The molecule has 0 aliphatic carbocycles. The van der Waals surface area contributed by atoms with E-state index in [4.69, 9.17) is 11.6 Å². The van der Waals surface area contributed by atoms with Crippen LogP contribution in [-0.4, -0.2) is 9.97 Å². The number of alkyl halides is 3. The summed E-state index contributed by atoms with van der Waals surface area (Å²) in [6, 6.07) is 7.03. The van der Waals surface area contributed by atoms with E-state index >= 15 is 0 Å². The van der Waals surface area contributed by atoms with Crippen molar-refractivity contribution in [3.63, 3.8) is 0 Å². The van der Waals surface area contributed by atoms with Crippen molar-refractivity contribution in [2.75, 3.05) is 0 Å². The smallest absolute Gasteiger partial charge is 0.242 e. The lowest BCUT2D eigenvalue weighted by Gasteiger charge is -2.10. The van der Waals surface area contributed by atoms with E-state index in [9.17, 15) is 13.2 Å². The Hall–Kier alpha value is -1.66. The van der Waals surface area contributed by atoms with Gasteiger partial charge in [0.05, 0.1) is 10.3 Å². The van der Waals surface area contributed by atoms with E-state index in [1.807, 2.05) is 0 Å². The third-order valence-corrected chi connectivity index (χ3v) is 4.06. The molecule has 3 aromatic rings. The lowest BCUT2D eigenvalue weighted by Crippen LogP contribution is -2.06. The average molecular weight is 315 g/mol. The fourth-order valence-electron chi connectivity index (χ4n) is 1.86. The van der Waals surface area contributed by atoms with Gasteiger partial charge < -0.3 is 0 Å². The minimum atomic E-state index is -4.42. The van der Waals surface area contributed by atoms with Crippen molar-refractivity contribution in [3.05, 3.63) is 47.2 Å². The van der Waals surface area contributed by atoms with E-state index < -0.39 is 11.7 Å². The minimum absolute atomic E-state index is 0.0530. The Morgan fingerprint density at radius 3 is 2.55 bits per heavy atom. The molecule has 2 aromatic heterocycles. The number of halogens is 4. The van der Waals surface area contributed by atoms with Gasteiger partial charge in [0, 0.05) is 11.8 Å². The highest BCUT2D eigenvalue weighted by molar-refractivity contribution is 7.21. The third-order valence-electron chi connectivity index (χ3n) is 2.73. The largest absolute Gasteiger partial charge is 0.417 e. The molecular formula is C13H6ClF3N2S. The van der Waals surface area contributed by atoms with Crippen LogP contribution in [0.3, 0.4) is 0 Å². The zero-order chi connectivity index (χ0) is 14.3. The van der Waals surface area contributed by atoms with Gasteiger partial charge in [0.15, 0.2) is 5.15 Å². The van der Waals surface area contributed by atoms with E-state index in [2.05, 4.69) is 9.97 Å². The summed E-state index contributed by atoms with van der Waals surface area (Å²) in [5.74, 6) is 0. The number of aromatic nitrogens is 2. The first kappa shape index (κ1) is 13.3. The van der Waals surface area contributed by atoms with E-state index in [0.29, 0.717) is 10.2 Å². The molecule has 102 valence electrons. The second kappa shape index (κ2) is 4.71. The molecule has 0 saturated carbocycles. The molecule has 0 radical (unpaired) electrons. The first-order valence-electron chi connectivity index (χ1n) is 5.54. The molecular weight excluding hydrogens is 309 g/mol. The van der Waals surface area contributed by atoms with Gasteiger partial charge in [-0.15, -0.1) is 11.3 Å². The average Bonchev–Trinajstić information content (AvgIpc) is 2.83. The Balaban J connectivity index is 2.24. The van der Waals surface area contributed by atoms with Crippen LogP contribution in [0.2, 0.25) is 5.15 Å². The summed E-state index contributed by atoms with van der Waals surface area (Å²) in [5, 5.41) is 0.470. The van der Waals surface area contributed by atoms with Crippen LogP contribution in [-0.2, 0) is 6.18 Å². The molecule has 0 amide bonds. The Bertz CT molecular complexity index is 783. The number of nitrogens with zero attached hydrogens (tertiary/aromatic N) is 2. The highest BCUT2D eigenvalue weighted by Crippen LogP contribution is 2.40. The molecule has 0 atom stereocenters. The molecule has 2 nitrogen and oxygen atoms in total. The first-order chi connectivity index (χ1) is 9.47. The summed E-state index contributed by atoms with van der Waals surface area (Å²) in [4.78, 5) is 8.05. The Morgan fingerprint density at radius 1 is 1.10 bits per heavy atom. The summed E-state index contributed by atoms with van der Waals surface area (Å²) in [7, 11) is 0. The van der Waals surface area contributed by atoms with Gasteiger partial charge in [-0.25, -0.2) is 9.97 Å². The zero-order valence-corrected chi connectivity index (χ0v) is 11.4. The molecule has 0 N–H and O–H groups in total. The summed E-state index contributed by atoms with van der Waals surface area (Å²) < 4.78 is 39.7. The molecule has 0 aliphatic heterocycles. The molecule has 0 aliphatic rings. The van der Waals surface area contributed by atoms with Crippen LogP contribution in [0, 0.1) is 0 Å². The number of thiazole rings is 1. The number of pyridine rings is 1. The molecule has 0 bridgehead atoms. The highest BCUT2D eigenvalue weighted by Gasteiger charge is 2.34. The summed E-state index contributed by atoms with van der Waals surface area (Å²) in [6.45, 7) is 0. The van der Waals surface area contributed by atoms with Crippen molar-refractivity contribution >= 4 is 33.2 Å². The molecule has 0 saturated heterocycles. The number of fused-ring (bicyclic) bond motifs is 1. The van der Waals surface area contributed by atoms with Gasteiger partial charge in [-0.3, -0.25) is 0 Å². The third kappa shape index (κ3) is 2.25.